The summed E-state index contributed by atoms with van der Waals surface area (Å²) in [5.41, 5.74) is 0.283. The quantitative estimate of drug-likeness (QED) is 0.753. The van der Waals surface area contributed by atoms with Gasteiger partial charge in [0.15, 0.2) is 6.67 Å². The summed E-state index contributed by atoms with van der Waals surface area (Å²) in [7, 11) is 0. The van der Waals surface area contributed by atoms with Crippen LogP contribution in [-0.4, -0.2) is 22.3 Å². The molecule has 1 aromatic heterocycles. The van der Waals surface area contributed by atoms with Crippen molar-refractivity contribution < 1.29 is 9.29 Å². The SMILES string of the molecule is O=c1[nH]c(=O)n(-c2ccc(F)cc2)c2c1C[NH+](C1CCCCC1)CN2. The first-order chi connectivity index (χ1) is 12.1. The van der Waals surface area contributed by atoms with Crippen LogP contribution in [0.15, 0.2) is 33.9 Å². The Balaban J connectivity index is 1.74. The van der Waals surface area contributed by atoms with E-state index in [4.69, 9.17) is 0 Å². The van der Waals surface area contributed by atoms with E-state index in [1.165, 1.54) is 65.8 Å². The molecule has 0 saturated heterocycles. The summed E-state index contributed by atoms with van der Waals surface area (Å²) >= 11 is 0. The summed E-state index contributed by atoms with van der Waals surface area (Å²) in [5, 5.41) is 3.29. The molecule has 132 valence electrons. The molecule has 4 rings (SSSR count). The van der Waals surface area contributed by atoms with Crippen LogP contribution in [0.4, 0.5) is 10.2 Å². The van der Waals surface area contributed by atoms with Gasteiger partial charge in [-0.1, -0.05) is 6.42 Å². The van der Waals surface area contributed by atoms with Crippen LogP contribution < -0.4 is 21.5 Å². The number of halogens is 1. The van der Waals surface area contributed by atoms with Gasteiger partial charge in [-0.3, -0.25) is 9.78 Å². The molecule has 1 unspecified atom stereocenters. The average Bonchev–Trinajstić information content (AvgIpc) is 2.64. The van der Waals surface area contributed by atoms with Crippen LogP contribution in [0, 0.1) is 5.82 Å². The van der Waals surface area contributed by atoms with Gasteiger partial charge in [-0.2, -0.15) is 0 Å². The zero-order valence-corrected chi connectivity index (χ0v) is 14.0. The molecule has 2 heterocycles. The van der Waals surface area contributed by atoms with Gasteiger partial charge in [-0.15, -0.1) is 0 Å². The van der Waals surface area contributed by atoms with E-state index >= 15 is 0 Å². The number of hydrogen-bond donors (Lipinski definition) is 3. The number of rotatable bonds is 2. The number of aromatic nitrogens is 2. The summed E-state index contributed by atoms with van der Waals surface area (Å²) < 4.78 is 14.6. The first-order valence-electron chi connectivity index (χ1n) is 8.86. The molecular formula is C18H22FN4O2+. The van der Waals surface area contributed by atoms with Crippen molar-refractivity contribution in [3.05, 3.63) is 56.5 Å². The van der Waals surface area contributed by atoms with E-state index in [0.717, 1.165) is 0 Å². The van der Waals surface area contributed by atoms with Crippen molar-refractivity contribution in [1.82, 2.24) is 9.55 Å². The maximum absolute atomic E-state index is 13.2. The Hall–Kier alpha value is -2.41. The molecule has 2 aliphatic rings. The van der Waals surface area contributed by atoms with Gasteiger partial charge in [0.2, 0.25) is 0 Å². The summed E-state index contributed by atoms with van der Waals surface area (Å²) in [6, 6.07) is 6.25. The van der Waals surface area contributed by atoms with E-state index in [2.05, 4.69) is 10.3 Å². The standard InChI is InChI=1S/C18H21FN4O2/c19-12-6-8-14(9-7-12)23-16-15(17(24)21-18(23)25)10-22(11-20-16)13-4-2-1-3-5-13/h6-9,13,20H,1-5,10-11H2,(H,21,24,25)/p+1. The van der Waals surface area contributed by atoms with Gasteiger partial charge in [-0.05, 0) is 49.9 Å². The van der Waals surface area contributed by atoms with E-state index in [0.29, 0.717) is 36.3 Å². The van der Waals surface area contributed by atoms with Crippen LogP contribution in [0.5, 0.6) is 0 Å². The molecule has 25 heavy (non-hydrogen) atoms. The highest BCUT2D eigenvalue weighted by atomic mass is 19.1. The third-order valence-corrected chi connectivity index (χ3v) is 5.36. The third kappa shape index (κ3) is 3.00. The van der Waals surface area contributed by atoms with Gasteiger partial charge < -0.3 is 10.2 Å². The monoisotopic (exact) mass is 345 g/mol. The van der Waals surface area contributed by atoms with Crippen LogP contribution in [0.2, 0.25) is 0 Å². The molecular weight excluding hydrogens is 323 g/mol. The minimum Gasteiger partial charge on any atom is -0.324 e. The normalized spacial score (nSPS) is 20.8. The Bertz CT molecular complexity index is 881. The van der Waals surface area contributed by atoms with E-state index < -0.39 is 5.69 Å². The fourth-order valence-electron chi connectivity index (χ4n) is 4.05. The van der Waals surface area contributed by atoms with Gasteiger partial charge in [0.05, 0.1) is 11.7 Å². The predicted molar refractivity (Wildman–Crippen MR) is 92.6 cm³/mol. The van der Waals surface area contributed by atoms with Crippen LogP contribution in [0.1, 0.15) is 37.7 Å². The van der Waals surface area contributed by atoms with Gasteiger partial charge in [0, 0.05) is 0 Å². The average molecular weight is 345 g/mol. The van der Waals surface area contributed by atoms with E-state index in [9.17, 15) is 14.0 Å². The van der Waals surface area contributed by atoms with Crippen molar-refractivity contribution >= 4 is 5.82 Å². The van der Waals surface area contributed by atoms with E-state index in [-0.39, 0.29) is 11.4 Å². The molecule has 6 nitrogen and oxygen atoms in total. The first-order valence-corrected chi connectivity index (χ1v) is 8.86. The first kappa shape index (κ1) is 16.1. The number of fused-ring (bicyclic) bond motifs is 1. The second-order valence-corrected chi connectivity index (χ2v) is 6.92. The van der Waals surface area contributed by atoms with Crippen LogP contribution in [0.3, 0.4) is 0 Å². The Kier molecular flexibility index (Phi) is 4.17. The second kappa shape index (κ2) is 6.48. The molecule has 1 aromatic carbocycles. The lowest BCUT2D eigenvalue weighted by Crippen LogP contribution is -3.16. The number of anilines is 1. The van der Waals surface area contributed by atoms with Crippen molar-refractivity contribution in [3.8, 4) is 5.69 Å². The maximum Gasteiger partial charge on any atom is 0.334 e. The molecule has 0 bridgehead atoms. The molecule has 0 amide bonds. The number of H-pyrrole nitrogens is 1. The Labute approximate surface area is 144 Å². The van der Waals surface area contributed by atoms with Crippen LogP contribution in [0.25, 0.3) is 5.69 Å². The molecule has 7 heteroatoms. The number of hydrogen-bond acceptors (Lipinski definition) is 3. The van der Waals surface area contributed by atoms with Gasteiger partial charge >= 0.3 is 5.69 Å². The van der Waals surface area contributed by atoms with Crippen molar-refractivity contribution in [3.63, 3.8) is 0 Å². The van der Waals surface area contributed by atoms with Crippen molar-refractivity contribution in [1.29, 1.82) is 0 Å². The fraction of sp³-hybridized carbons (Fsp3) is 0.444. The summed E-state index contributed by atoms with van der Waals surface area (Å²) in [6.07, 6.45) is 6.14. The number of nitrogens with one attached hydrogen (secondary N) is 3. The topological polar surface area (TPSA) is 71.3 Å². The number of aromatic amines is 1. The zero-order chi connectivity index (χ0) is 17.4. The van der Waals surface area contributed by atoms with Crippen LogP contribution >= 0.6 is 0 Å². The van der Waals surface area contributed by atoms with E-state index in [1.54, 1.807) is 0 Å². The molecule has 3 N–H and O–H groups in total. The smallest absolute Gasteiger partial charge is 0.324 e. The fourth-order valence-corrected chi connectivity index (χ4v) is 4.05. The van der Waals surface area contributed by atoms with Gasteiger partial charge in [0.1, 0.15) is 23.7 Å². The van der Waals surface area contributed by atoms with Crippen molar-refractivity contribution in [2.75, 3.05) is 12.0 Å². The molecule has 1 atom stereocenters. The van der Waals surface area contributed by atoms with Crippen molar-refractivity contribution in [2.45, 2.75) is 44.7 Å². The minimum atomic E-state index is -0.510. The lowest BCUT2D eigenvalue weighted by molar-refractivity contribution is -0.938. The van der Waals surface area contributed by atoms with Crippen LogP contribution in [-0.2, 0) is 6.54 Å². The lowest BCUT2D eigenvalue weighted by Gasteiger charge is -2.35. The molecule has 1 aliphatic heterocycles. The highest BCUT2D eigenvalue weighted by Gasteiger charge is 2.31. The number of benzene rings is 1. The largest absolute Gasteiger partial charge is 0.334 e. The second-order valence-electron chi connectivity index (χ2n) is 6.92. The Morgan fingerprint density at radius 2 is 1.80 bits per heavy atom. The lowest BCUT2D eigenvalue weighted by atomic mass is 9.94. The molecule has 2 aromatic rings. The maximum atomic E-state index is 13.2. The minimum absolute atomic E-state index is 0.334. The molecule has 1 aliphatic carbocycles. The highest BCUT2D eigenvalue weighted by molar-refractivity contribution is 5.50. The molecule has 1 fully saturated rings. The Morgan fingerprint density at radius 1 is 1.08 bits per heavy atom. The number of quaternary nitrogens is 1. The molecule has 0 radical (unpaired) electrons. The van der Waals surface area contributed by atoms with Gasteiger partial charge in [-0.25, -0.2) is 13.8 Å². The Morgan fingerprint density at radius 3 is 2.52 bits per heavy atom. The summed E-state index contributed by atoms with van der Waals surface area (Å²) in [6.45, 7) is 1.28. The summed E-state index contributed by atoms with van der Waals surface area (Å²) in [5.74, 6) is 0.163. The predicted octanol–water partition coefficient (Wildman–Crippen LogP) is 0.765. The third-order valence-electron chi connectivity index (χ3n) is 5.36. The number of nitrogens with zero attached hydrogens (tertiary/aromatic N) is 1. The molecule has 0 spiro atoms. The van der Waals surface area contributed by atoms with Crippen molar-refractivity contribution in [2.24, 2.45) is 0 Å². The highest BCUT2D eigenvalue weighted by Crippen LogP contribution is 2.19. The summed E-state index contributed by atoms with van der Waals surface area (Å²) in [4.78, 5) is 28.5. The van der Waals surface area contributed by atoms with Gasteiger partial charge in [0.25, 0.3) is 5.56 Å². The molecule has 1 saturated carbocycles. The van der Waals surface area contributed by atoms with E-state index in [1.807, 2.05) is 0 Å². The zero-order valence-electron chi connectivity index (χ0n) is 14.0.